The molecule has 3 aromatic rings. The van der Waals surface area contributed by atoms with Crippen molar-refractivity contribution < 1.29 is 4.79 Å². The summed E-state index contributed by atoms with van der Waals surface area (Å²) in [6, 6.07) is 5.83. The first-order chi connectivity index (χ1) is 13.1. The van der Waals surface area contributed by atoms with Crippen molar-refractivity contribution in [3.63, 3.8) is 0 Å². The lowest BCUT2D eigenvalue weighted by Gasteiger charge is -2.06. The van der Waals surface area contributed by atoms with Gasteiger partial charge in [0.05, 0.1) is 12.2 Å². The number of carbonyl (C=O) groups is 1. The summed E-state index contributed by atoms with van der Waals surface area (Å²) in [5, 5.41) is 15.8. The van der Waals surface area contributed by atoms with E-state index >= 15 is 0 Å². The van der Waals surface area contributed by atoms with Crippen molar-refractivity contribution in [3.05, 3.63) is 59.8 Å². The van der Waals surface area contributed by atoms with E-state index in [0.29, 0.717) is 25.9 Å². The van der Waals surface area contributed by atoms with Crippen molar-refractivity contribution in [3.8, 4) is 0 Å². The fourth-order valence-electron chi connectivity index (χ4n) is 3.26. The third kappa shape index (κ3) is 4.42. The topological polar surface area (TPSA) is 77.1 Å². The van der Waals surface area contributed by atoms with E-state index < -0.39 is 0 Å². The first-order valence-electron chi connectivity index (χ1n) is 9.29. The third-order valence-corrected chi connectivity index (χ3v) is 4.72. The van der Waals surface area contributed by atoms with Crippen molar-refractivity contribution in [2.75, 3.05) is 6.54 Å². The monoisotopic (exact) mass is 366 g/mol. The average Bonchev–Trinajstić information content (AvgIpc) is 3.19. The normalized spacial score (nSPS) is 11.0. The number of nitrogens with zero attached hydrogens (tertiary/aromatic N) is 5. The number of rotatable bonds is 9. The number of pyridine rings is 1. The Labute approximate surface area is 159 Å². The van der Waals surface area contributed by atoms with Crippen LogP contribution in [0.25, 0.3) is 5.65 Å². The van der Waals surface area contributed by atoms with Gasteiger partial charge < -0.3 is 5.32 Å². The molecular formula is C20H26N6O. The van der Waals surface area contributed by atoms with Crippen LogP contribution in [-0.4, -0.2) is 36.8 Å². The molecule has 3 heterocycles. The summed E-state index contributed by atoms with van der Waals surface area (Å²) >= 11 is 0. The average molecular weight is 366 g/mol. The molecule has 0 aliphatic heterocycles. The van der Waals surface area contributed by atoms with Gasteiger partial charge in [-0.1, -0.05) is 12.1 Å². The maximum Gasteiger partial charge on any atom is 0.220 e. The van der Waals surface area contributed by atoms with Crippen LogP contribution in [-0.2, 0) is 24.2 Å². The molecule has 0 saturated carbocycles. The molecule has 0 aromatic carbocycles. The number of amides is 1. The second-order valence-corrected chi connectivity index (χ2v) is 6.62. The highest BCUT2D eigenvalue weighted by Gasteiger charge is 2.12. The van der Waals surface area contributed by atoms with E-state index in [-0.39, 0.29) is 5.91 Å². The van der Waals surface area contributed by atoms with Gasteiger partial charge in [0.25, 0.3) is 0 Å². The first kappa shape index (κ1) is 18.8. The summed E-state index contributed by atoms with van der Waals surface area (Å²) < 4.78 is 3.91. The zero-order valence-electron chi connectivity index (χ0n) is 16.0. The lowest BCUT2D eigenvalue weighted by molar-refractivity contribution is -0.121. The number of aromatic nitrogens is 5. The van der Waals surface area contributed by atoms with E-state index in [2.05, 4.69) is 27.2 Å². The summed E-state index contributed by atoms with van der Waals surface area (Å²) in [6.45, 7) is 9.11. The molecule has 142 valence electrons. The Morgan fingerprint density at radius 1 is 1.26 bits per heavy atom. The van der Waals surface area contributed by atoms with Crippen LogP contribution in [0.3, 0.4) is 0 Å². The summed E-state index contributed by atoms with van der Waals surface area (Å²) in [7, 11) is 0. The van der Waals surface area contributed by atoms with Gasteiger partial charge in [0.15, 0.2) is 5.65 Å². The molecule has 3 rings (SSSR count). The van der Waals surface area contributed by atoms with Crippen LogP contribution < -0.4 is 5.32 Å². The minimum absolute atomic E-state index is 0.0661. The van der Waals surface area contributed by atoms with Crippen LogP contribution in [0.15, 0.2) is 37.1 Å². The van der Waals surface area contributed by atoms with E-state index in [4.69, 9.17) is 0 Å². The molecule has 0 spiro atoms. The largest absolute Gasteiger partial charge is 0.356 e. The Morgan fingerprint density at radius 2 is 2.11 bits per heavy atom. The van der Waals surface area contributed by atoms with Gasteiger partial charge in [0.1, 0.15) is 5.82 Å². The van der Waals surface area contributed by atoms with Gasteiger partial charge in [0.2, 0.25) is 5.91 Å². The smallest absolute Gasteiger partial charge is 0.220 e. The molecule has 1 amide bonds. The fraction of sp³-hybridized carbons (Fsp3) is 0.400. The SMILES string of the molecule is C=CCn1nc(C)c(CCC(=O)NCCCc2nnc3ccccn23)c1C. The third-order valence-electron chi connectivity index (χ3n) is 4.72. The van der Waals surface area contributed by atoms with Crippen LogP contribution in [0.2, 0.25) is 0 Å². The number of fused-ring (bicyclic) bond motifs is 1. The van der Waals surface area contributed by atoms with Crippen LogP contribution in [0.5, 0.6) is 0 Å². The van der Waals surface area contributed by atoms with Crippen molar-refractivity contribution >= 4 is 11.6 Å². The molecule has 0 aliphatic carbocycles. The molecule has 7 heteroatoms. The van der Waals surface area contributed by atoms with Crippen molar-refractivity contribution in [2.24, 2.45) is 0 Å². The quantitative estimate of drug-likeness (QED) is 0.466. The predicted molar refractivity (Wildman–Crippen MR) is 105 cm³/mol. The molecule has 0 radical (unpaired) electrons. The van der Waals surface area contributed by atoms with Gasteiger partial charge in [-0.25, -0.2) is 0 Å². The molecule has 7 nitrogen and oxygen atoms in total. The lowest BCUT2D eigenvalue weighted by Crippen LogP contribution is -2.25. The maximum atomic E-state index is 12.2. The molecule has 0 saturated heterocycles. The molecular weight excluding hydrogens is 340 g/mol. The van der Waals surface area contributed by atoms with Crippen LogP contribution >= 0.6 is 0 Å². The minimum Gasteiger partial charge on any atom is -0.356 e. The lowest BCUT2D eigenvalue weighted by atomic mass is 10.1. The molecule has 0 bridgehead atoms. The number of nitrogens with one attached hydrogen (secondary N) is 1. The molecule has 27 heavy (non-hydrogen) atoms. The van der Waals surface area contributed by atoms with E-state index in [1.54, 1.807) is 0 Å². The molecule has 1 N–H and O–H groups in total. The van der Waals surface area contributed by atoms with Gasteiger partial charge >= 0.3 is 0 Å². The van der Waals surface area contributed by atoms with E-state index in [0.717, 1.165) is 41.3 Å². The number of hydrogen-bond donors (Lipinski definition) is 1. The predicted octanol–water partition coefficient (Wildman–Crippen LogP) is 2.41. The summed E-state index contributed by atoms with van der Waals surface area (Å²) in [5.74, 6) is 0.983. The highest BCUT2D eigenvalue weighted by molar-refractivity contribution is 5.76. The van der Waals surface area contributed by atoms with E-state index in [9.17, 15) is 4.79 Å². The summed E-state index contributed by atoms with van der Waals surface area (Å²) in [4.78, 5) is 12.2. The Bertz CT molecular complexity index is 939. The van der Waals surface area contributed by atoms with Crippen LogP contribution in [0.1, 0.15) is 35.6 Å². The summed E-state index contributed by atoms with van der Waals surface area (Å²) in [5.41, 5.74) is 4.10. The number of hydrogen-bond acceptors (Lipinski definition) is 4. The van der Waals surface area contributed by atoms with Gasteiger partial charge in [-0.15, -0.1) is 16.8 Å². The highest BCUT2D eigenvalue weighted by Crippen LogP contribution is 2.15. The highest BCUT2D eigenvalue weighted by atomic mass is 16.1. The van der Waals surface area contributed by atoms with Crippen molar-refractivity contribution in [1.29, 1.82) is 0 Å². The summed E-state index contributed by atoms with van der Waals surface area (Å²) in [6.07, 6.45) is 6.56. The Kier molecular flexibility index (Phi) is 6.01. The maximum absolute atomic E-state index is 12.2. The van der Waals surface area contributed by atoms with E-state index in [1.807, 2.05) is 53.4 Å². The van der Waals surface area contributed by atoms with Gasteiger partial charge in [0, 0.05) is 31.3 Å². The second kappa shape index (κ2) is 8.62. The van der Waals surface area contributed by atoms with Crippen LogP contribution in [0.4, 0.5) is 0 Å². The number of aryl methyl sites for hydroxylation is 2. The van der Waals surface area contributed by atoms with Crippen molar-refractivity contribution in [1.82, 2.24) is 29.7 Å². The molecule has 0 fully saturated rings. The van der Waals surface area contributed by atoms with Gasteiger partial charge in [-0.3, -0.25) is 13.9 Å². The zero-order chi connectivity index (χ0) is 19.2. The second-order valence-electron chi connectivity index (χ2n) is 6.62. The Balaban J connectivity index is 1.43. The molecule has 0 aliphatic rings. The fourth-order valence-corrected chi connectivity index (χ4v) is 3.26. The van der Waals surface area contributed by atoms with Gasteiger partial charge in [-0.2, -0.15) is 5.10 Å². The Morgan fingerprint density at radius 3 is 2.93 bits per heavy atom. The number of carbonyl (C=O) groups excluding carboxylic acids is 1. The first-order valence-corrected chi connectivity index (χ1v) is 9.29. The standard InChI is InChI=1S/C20H26N6O/c1-4-13-26-16(3)17(15(2)24-26)10-11-20(27)21-12-7-9-19-23-22-18-8-5-6-14-25(18)19/h4-6,8,14H,1,7,9-13H2,2-3H3,(H,21,27). The zero-order valence-corrected chi connectivity index (χ0v) is 16.0. The molecule has 3 aromatic heterocycles. The number of allylic oxidation sites excluding steroid dienone is 1. The molecule has 0 atom stereocenters. The Hall–Kier alpha value is -2.96. The van der Waals surface area contributed by atoms with Crippen molar-refractivity contribution in [2.45, 2.75) is 46.1 Å². The van der Waals surface area contributed by atoms with Gasteiger partial charge in [-0.05, 0) is 44.4 Å². The van der Waals surface area contributed by atoms with Crippen LogP contribution in [0, 0.1) is 13.8 Å². The van der Waals surface area contributed by atoms with E-state index in [1.165, 1.54) is 0 Å². The minimum atomic E-state index is 0.0661. The molecule has 0 unspecified atom stereocenters.